The summed E-state index contributed by atoms with van der Waals surface area (Å²) in [5.41, 5.74) is 6.38. The molecule has 0 aromatic carbocycles. The van der Waals surface area contributed by atoms with Crippen LogP contribution < -0.4 is 11.1 Å². The largest absolute Gasteiger partial charge is 0.472 e. The van der Waals surface area contributed by atoms with Gasteiger partial charge in [-0.2, -0.15) is 0 Å². The van der Waals surface area contributed by atoms with E-state index in [1.54, 1.807) is 19.6 Å². The molecule has 1 heterocycles. The lowest BCUT2D eigenvalue weighted by molar-refractivity contribution is 0.492. The molecule has 0 radical (unpaired) electrons. The maximum Gasteiger partial charge on any atom is 0.200 e. The average molecular weight is 223 g/mol. The second-order valence-corrected chi connectivity index (χ2v) is 3.39. The molecule has 0 aliphatic carbocycles. The molecule has 1 rings (SSSR count). The van der Waals surface area contributed by atoms with E-state index in [-0.39, 0.29) is 5.96 Å². The molecule has 0 aliphatic rings. The van der Waals surface area contributed by atoms with E-state index in [0.29, 0.717) is 5.96 Å². The topological polar surface area (TPSA) is 90.6 Å². The molecule has 88 valence electrons. The van der Waals surface area contributed by atoms with E-state index in [2.05, 4.69) is 10.3 Å². The molecule has 6 heteroatoms. The lowest BCUT2D eigenvalue weighted by Crippen LogP contribution is -2.45. The third-order valence-corrected chi connectivity index (χ3v) is 2.14. The second kappa shape index (κ2) is 5.79. The number of nitrogens with two attached hydrogens (primary N) is 1. The predicted octanol–water partition coefficient (Wildman–Crippen LogP) is 0.223. The molecule has 0 atom stereocenters. The van der Waals surface area contributed by atoms with Crippen LogP contribution in [0, 0.1) is 5.41 Å². The van der Waals surface area contributed by atoms with E-state index in [1.165, 1.54) is 0 Å². The van der Waals surface area contributed by atoms with Gasteiger partial charge in [-0.15, -0.1) is 0 Å². The fourth-order valence-electron chi connectivity index (χ4n) is 1.28. The van der Waals surface area contributed by atoms with E-state index in [4.69, 9.17) is 15.6 Å². The van der Waals surface area contributed by atoms with Gasteiger partial charge >= 0.3 is 0 Å². The molecule has 0 spiro atoms. The highest BCUT2D eigenvalue weighted by Gasteiger charge is 2.06. The Kier molecular flexibility index (Phi) is 4.38. The van der Waals surface area contributed by atoms with Crippen LogP contribution in [0.3, 0.4) is 0 Å². The summed E-state index contributed by atoms with van der Waals surface area (Å²) in [5.74, 6) is 0.465. The van der Waals surface area contributed by atoms with Crippen molar-refractivity contribution in [2.75, 3.05) is 20.6 Å². The van der Waals surface area contributed by atoms with E-state index in [0.717, 1.165) is 18.5 Å². The van der Waals surface area contributed by atoms with Crippen LogP contribution in [0.5, 0.6) is 0 Å². The third kappa shape index (κ3) is 3.64. The summed E-state index contributed by atoms with van der Waals surface area (Å²) in [5, 5.41) is 9.81. The number of nitrogens with zero attached hydrogens (tertiary/aromatic N) is 2. The molecule has 6 nitrogen and oxygen atoms in total. The van der Waals surface area contributed by atoms with Crippen LogP contribution in [0.2, 0.25) is 0 Å². The number of hydrogen-bond acceptors (Lipinski definition) is 3. The number of guanidine groups is 2. The van der Waals surface area contributed by atoms with Gasteiger partial charge in [0, 0.05) is 20.6 Å². The first-order chi connectivity index (χ1) is 7.63. The number of aliphatic imine (C=N–C) groups is 1. The van der Waals surface area contributed by atoms with Gasteiger partial charge in [0.15, 0.2) is 11.9 Å². The van der Waals surface area contributed by atoms with Crippen molar-refractivity contribution in [1.29, 1.82) is 5.41 Å². The average Bonchev–Trinajstić information content (AvgIpc) is 2.75. The highest BCUT2D eigenvalue weighted by Crippen LogP contribution is 2.01. The summed E-state index contributed by atoms with van der Waals surface area (Å²) >= 11 is 0. The second-order valence-electron chi connectivity index (χ2n) is 3.39. The number of hydrogen-bond donors (Lipinski definition) is 3. The molecular formula is C10H17N5O. The van der Waals surface area contributed by atoms with Gasteiger partial charge in [-0.25, -0.2) is 0 Å². The van der Waals surface area contributed by atoms with Crippen molar-refractivity contribution in [3.63, 3.8) is 0 Å². The fraction of sp³-hybridized carbons (Fsp3) is 0.400. The summed E-state index contributed by atoms with van der Waals surface area (Å²) < 4.78 is 4.98. The first-order valence-electron chi connectivity index (χ1n) is 4.93. The zero-order valence-electron chi connectivity index (χ0n) is 9.53. The Hall–Kier alpha value is -1.98. The van der Waals surface area contributed by atoms with Crippen LogP contribution in [0.4, 0.5) is 0 Å². The Labute approximate surface area is 94.6 Å². The standard InChI is InChI=1S/C10H17N5O/c1-13-10(14-9(11)12)15(2)5-3-8-4-6-16-7-8/h4,6-7H,3,5H2,1-2H3,(H4,11,12,13,14). The Morgan fingerprint density at radius 2 is 2.44 bits per heavy atom. The summed E-state index contributed by atoms with van der Waals surface area (Å²) in [7, 11) is 3.54. The monoisotopic (exact) mass is 223 g/mol. The third-order valence-electron chi connectivity index (χ3n) is 2.14. The van der Waals surface area contributed by atoms with Gasteiger partial charge in [0.2, 0.25) is 0 Å². The van der Waals surface area contributed by atoms with Crippen molar-refractivity contribution in [2.45, 2.75) is 6.42 Å². The van der Waals surface area contributed by atoms with Crippen molar-refractivity contribution in [1.82, 2.24) is 10.2 Å². The van der Waals surface area contributed by atoms with Crippen LogP contribution >= 0.6 is 0 Å². The lowest BCUT2D eigenvalue weighted by Gasteiger charge is -2.20. The van der Waals surface area contributed by atoms with Crippen LogP contribution in [0.25, 0.3) is 0 Å². The zero-order chi connectivity index (χ0) is 12.0. The number of likely N-dealkylation sites (N-methyl/N-ethyl adjacent to an activating group) is 1. The Balaban J connectivity index is 2.44. The molecule has 4 N–H and O–H groups in total. The number of nitrogens with one attached hydrogen (secondary N) is 2. The van der Waals surface area contributed by atoms with E-state index in [9.17, 15) is 0 Å². The molecule has 0 saturated carbocycles. The molecular weight excluding hydrogens is 206 g/mol. The number of furan rings is 1. The maximum absolute atomic E-state index is 7.14. The highest BCUT2D eigenvalue weighted by atomic mass is 16.3. The van der Waals surface area contributed by atoms with Crippen LogP contribution in [-0.4, -0.2) is 37.5 Å². The van der Waals surface area contributed by atoms with Crippen LogP contribution in [-0.2, 0) is 6.42 Å². The van der Waals surface area contributed by atoms with Crippen molar-refractivity contribution >= 4 is 11.9 Å². The summed E-state index contributed by atoms with van der Waals surface area (Å²) in [6.07, 6.45) is 4.22. The molecule has 0 bridgehead atoms. The maximum atomic E-state index is 7.14. The summed E-state index contributed by atoms with van der Waals surface area (Å²) in [6, 6.07) is 1.93. The molecule has 16 heavy (non-hydrogen) atoms. The smallest absolute Gasteiger partial charge is 0.200 e. The lowest BCUT2D eigenvalue weighted by atomic mass is 10.2. The van der Waals surface area contributed by atoms with Gasteiger partial charge in [0.05, 0.1) is 12.5 Å². The fourth-order valence-corrected chi connectivity index (χ4v) is 1.28. The Bertz CT molecular complexity index is 357. The van der Waals surface area contributed by atoms with E-state index >= 15 is 0 Å². The SMILES string of the molecule is C/N=C(\NC(=N)N)N(C)CCc1ccoc1. The minimum Gasteiger partial charge on any atom is -0.472 e. The summed E-state index contributed by atoms with van der Waals surface area (Å²) in [6.45, 7) is 0.770. The quantitative estimate of drug-likeness (QED) is 0.505. The molecule has 0 saturated heterocycles. The minimum atomic E-state index is -0.115. The normalized spacial score (nSPS) is 11.2. The van der Waals surface area contributed by atoms with Gasteiger partial charge < -0.3 is 15.1 Å². The minimum absolute atomic E-state index is 0.115. The highest BCUT2D eigenvalue weighted by molar-refractivity contribution is 5.96. The van der Waals surface area contributed by atoms with Crippen molar-refractivity contribution in [3.8, 4) is 0 Å². The van der Waals surface area contributed by atoms with Gasteiger partial charge in [0.1, 0.15) is 0 Å². The molecule has 0 amide bonds. The van der Waals surface area contributed by atoms with Crippen molar-refractivity contribution in [3.05, 3.63) is 24.2 Å². The van der Waals surface area contributed by atoms with E-state index < -0.39 is 0 Å². The van der Waals surface area contributed by atoms with Gasteiger partial charge in [-0.3, -0.25) is 15.7 Å². The first kappa shape index (κ1) is 12.1. The molecule has 0 unspecified atom stereocenters. The Morgan fingerprint density at radius 1 is 1.69 bits per heavy atom. The van der Waals surface area contributed by atoms with E-state index in [1.807, 2.05) is 18.0 Å². The van der Waals surface area contributed by atoms with Crippen molar-refractivity contribution < 1.29 is 4.42 Å². The first-order valence-corrected chi connectivity index (χ1v) is 4.93. The van der Waals surface area contributed by atoms with Gasteiger partial charge in [-0.05, 0) is 18.1 Å². The van der Waals surface area contributed by atoms with Gasteiger partial charge in [0.25, 0.3) is 0 Å². The van der Waals surface area contributed by atoms with Gasteiger partial charge in [-0.1, -0.05) is 0 Å². The number of rotatable bonds is 3. The van der Waals surface area contributed by atoms with Crippen LogP contribution in [0.1, 0.15) is 5.56 Å². The van der Waals surface area contributed by atoms with Crippen molar-refractivity contribution in [2.24, 2.45) is 10.7 Å². The molecule has 0 aliphatic heterocycles. The molecule has 1 aromatic rings. The summed E-state index contributed by atoms with van der Waals surface area (Å²) in [4.78, 5) is 5.91. The Morgan fingerprint density at radius 3 is 2.94 bits per heavy atom. The molecule has 0 fully saturated rings. The predicted molar refractivity (Wildman–Crippen MR) is 63.5 cm³/mol. The zero-order valence-corrected chi connectivity index (χ0v) is 9.53. The van der Waals surface area contributed by atoms with Crippen LogP contribution in [0.15, 0.2) is 28.0 Å². The molecule has 1 aromatic heterocycles.